The number of anilines is 2. The van der Waals surface area contributed by atoms with Crippen molar-refractivity contribution in [2.24, 2.45) is 17.3 Å². The maximum Gasteiger partial charge on any atom is 0.309 e. The lowest BCUT2D eigenvalue weighted by Crippen LogP contribution is -2.54. The summed E-state index contributed by atoms with van der Waals surface area (Å²) in [5, 5.41) is 19.2. The van der Waals surface area contributed by atoms with Crippen LogP contribution in [-0.2, 0) is 14.3 Å². The van der Waals surface area contributed by atoms with Gasteiger partial charge in [-0.3, -0.25) is 14.4 Å². The molecule has 38 heavy (non-hydrogen) atoms. The first-order valence-electron chi connectivity index (χ1n) is 13.1. The molecule has 3 unspecified atom stereocenters. The highest BCUT2D eigenvalue weighted by Crippen LogP contribution is 2.44. The number of para-hydroxylation sites is 1. The number of hydrogen-bond acceptors (Lipinski definition) is 6. The van der Waals surface area contributed by atoms with E-state index in [0.717, 1.165) is 21.2 Å². The van der Waals surface area contributed by atoms with Crippen LogP contribution in [0.5, 0.6) is 0 Å². The maximum absolute atomic E-state index is 13.4. The second-order valence-electron chi connectivity index (χ2n) is 11.5. The van der Waals surface area contributed by atoms with Crippen molar-refractivity contribution >= 4 is 40.9 Å². The summed E-state index contributed by atoms with van der Waals surface area (Å²) >= 11 is 1.64. The van der Waals surface area contributed by atoms with Crippen molar-refractivity contribution in [2.75, 3.05) is 11.9 Å². The van der Waals surface area contributed by atoms with E-state index in [1.807, 2.05) is 65.0 Å². The molecule has 4 atom stereocenters. The molecule has 1 saturated heterocycles. The van der Waals surface area contributed by atoms with E-state index in [9.17, 15) is 19.5 Å². The van der Waals surface area contributed by atoms with Crippen molar-refractivity contribution < 1.29 is 24.2 Å². The van der Waals surface area contributed by atoms with E-state index in [4.69, 9.17) is 4.74 Å². The fourth-order valence-corrected chi connectivity index (χ4v) is 6.07. The van der Waals surface area contributed by atoms with Gasteiger partial charge >= 0.3 is 5.97 Å². The lowest BCUT2D eigenvalue weighted by molar-refractivity contribution is -0.153. The van der Waals surface area contributed by atoms with Crippen molar-refractivity contribution in [3.05, 3.63) is 48.0 Å². The van der Waals surface area contributed by atoms with E-state index in [-0.39, 0.29) is 17.7 Å². The Hall–Kier alpha value is -3.04. The summed E-state index contributed by atoms with van der Waals surface area (Å²) in [6.07, 6.45) is 0.330. The Balaban J connectivity index is 1.47. The molecule has 0 bridgehead atoms. The number of nitrogens with one attached hydrogen (secondary N) is 3. The minimum atomic E-state index is -0.947. The molecule has 2 amide bonds. The minimum Gasteiger partial charge on any atom is -0.481 e. The first-order chi connectivity index (χ1) is 17.9. The van der Waals surface area contributed by atoms with E-state index in [0.29, 0.717) is 25.0 Å². The predicted octanol–water partition coefficient (Wildman–Crippen LogP) is 5.06. The fraction of sp³-hybridized carbons (Fsp3) is 0.483. The second-order valence-corrected chi connectivity index (χ2v) is 12.6. The summed E-state index contributed by atoms with van der Waals surface area (Å²) in [6.45, 7) is 9.94. The molecule has 4 N–H and O–H groups in total. The number of aliphatic carboxylic acids is 1. The van der Waals surface area contributed by atoms with Crippen LogP contribution in [0.3, 0.4) is 0 Å². The van der Waals surface area contributed by atoms with Gasteiger partial charge in [-0.15, -0.1) is 0 Å². The van der Waals surface area contributed by atoms with Crippen molar-refractivity contribution in [1.82, 2.24) is 10.6 Å². The monoisotopic (exact) mass is 539 g/mol. The minimum absolute atomic E-state index is 0.154. The van der Waals surface area contributed by atoms with Gasteiger partial charge in [0.2, 0.25) is 5.91 Å². The van der Waals surface area contributed by atoms with Gasteiger partial charge in [0.1, 0.15) is 6.04 Å². The van der Waals surface area contributed by atoms with Gasteiger partial charge in [0.05, 0.1) is 29.4 Å². The van der Waals surface area contributed by atoms with Crippen LogP contribution in [0.15, 0.2) is 52.3 Å². The van der Waals surface area contributed by atoms with Crippen molar-refractivity contribution in [3.63, 3.8) is 0 Å². The van der Waals surface area contributed by atoms with Crippen LogP contribution in [0.25, 0.3) is 0 Å². The molecule has 204 valence electrons. The Labute approximate surface area is 228 Å². The van der Waals surface area contributed by atoms with Crippen LogP contribution in [0.1, 0.15) is 57.8 Å². The zero-order chi connectivity index (χ0) is 27.6. The lowest BCUT2D eigenvalue weighted by atomic mass is 9.75. The number of benzene rings is 2. The van der Waals surface area contributed by atoms with E-state index in [1.165, 1.54) is 0 Å². The molecule has 2 aliphatic rings. The first kappa shape index (κ1) is 28.0. The first-order valence-corrected chi connectivity index (χ1v) is 13.9. The molecule has 0 aromatic heterocycles. The Morgan fingerprint density at radius 3 is 2.50 bits per heavy atom. The van der Waals surface area contributed by atoms with E-state index >= 15 is 0 Å². The number of carboxylic acid groups (broad SMARTS) is 1. The summed E-state index contributed by atoms with van der Waals surface area (Å²) < 4.78 is 5.81. The molecule has 2 aliphatic heterocycles. The van der Waals surface area contributed by atoms with E-state index < -0.39 is 35.5 Å². The van der Waals surface area contributed by atoms with Gasteiger partial charge in [0, 0.05) is 22.0 Å². The van der Waals surface area contributed by atoms with Crippen molar-refractivity contribution in [3.8, 4) is 0 Å². The van der Waals surface area contributed by atoms with Gasteiger partial charge in [0.25, 0.3) is 5.91 Å². The Morgan fingerprint density at radius 2 is 1.82 bits per heavy atom. The smallest absolute Gasteiger partial charge is 0.309 e. The third-order valence-electron chi connectivity index (χ3n) is 6.94. The molecular formula is C29H37N3O5S. The number of carboxylic acids is 1. The van der Waals surface area contributed by atoms with Gasteiger partial charge in [-0.05, 0) is 54.5 Å². The zero-order valence-electron chi connectivity index (χ0n) is 22.5. The molecule has 0 radical (unpaired) electrons. The summed E-state index contributed by atoms with van der Waals surface area (Å²) in [5.74, 6) is -2.24. The molecule has 0 aliphatic carbocycles. The third kappa shape index (κ3) is 6.32. The number of carbonyl (C=O) groups is 3. The van der Waals surface area contributed by atoms with Crippen LogP contribution >= 0.6 is 11.8 Å². The third-order valence-corrected chi connectivity index (χ3v) is 8.09. The second kappa shape index (κ2) is 11.4. The normalized spacial score (nSPS) is 20.1. The molecule has 2 heterocycles. The van der Waals surface area contributed by atoms with Gasteiger partial charge in [0.15, 0.2) is 0 Å². The molecule has 4 rings (SSSR count). The summed E-state index contributed by atoms with van der Waals surface area (Å²) in [5.41, 5.74) is 1.75. The van der Waals surface area contributed by atoms with E-state index in [2.05, 4.69) is 16.0 Å². The largest absolute Gasteiger partial charge is 0.481 e. The van der Waals surface area contributed by atoms with Crippen molar-refractivity contribution in [1.29, 1.82) is 0 Å². The van der Waals surface area contributed by atoms with Crippen LogP contribution < -0.4 is 16.0 Å². The number of carbonyl (C=O) groups excluding carboxylic acids is 2. The highest BCUT2D eigenvalue weighted by Gasteiger charge is 2.46. The highest BCUT2D eigenvalue weighted by atomic mass is 32.2. The van der Waals surface area contributed by atoms with Crippen LogP contribution in [-0.4, -0.2) is 47.7 Å². The van der Waals surface area contributed by atoms with Crippen molar-refractivity contribution in [2.45, 2.75) is 75.4 Å². The molecule has 1 fully saturated rings. The highest BCUT2D eigenvalue weighted by molar-refractivity contribution is 7.99. The molecule has 8 nitrogen and oxygen atoms in total. The Morgan fingerprint density at radius 1 is 1.11 bits per heavy atom. The summed E-state index contributed by atoms with van der Waals surface area (Å²) in [7, 11) is 0. The molecule has 2 aromatic rings. The SMILES string of the molecule is CC(C)C[C@H](NC(=O)c1ccc2c(c1)Nc1ccccc1S2)C(=O)NC1CCOC1C(C(=O)O)C(C)(C)C. The molecule has 0 spiro atoms. The lowest BCUT2D eigenvalue weighted by Gasteiger charge is -2.34. The van der Waals surface area contributed by atoms with Gasteiger partial charge in [-0.2, -0.15) is 0 Å². The fourth-order valence-electron chi connectivity index (χ4n) is 5.11. The number of rotatable bonds is 8. The molecule has 0 saturated carbocycles. The average molecular weight is 540 g/mol. The average Bonchev–Trinajstić information content (AvgIpc) is 3.27. The quantitative estimate of drug-likeness (QED) is 0.316. The number of amides is 2. The number of fused-ring (bicyclic) bond motifs is 2. The number of hydrogen-bond donors (Lipinski definition) is 4. The number of ether oxygens (including phenoxy) is 1. The zero-order valence-corrected chi connectivity index (χ0v) is 23.4. The van der Waals surface area contributed by atoms with Gasteiger partial charge in [-0.1, -0.05) is 58.5 Å². The predicted molar refractivity (Wildman–Crippen MR) is 148 cm³/mol. The van der Waals surface area contributed by atoms with Crippen LogP contribution in [0.4, 0.5) is 11.4 Å². The molecule has 9 heteroatoms. The summed E-state index contributed by atoms with van der Waals surface area (Å²) in [6, 6.07) is 12.3. The molecular weight excluding hydrogens is 502 g/mol. The summed E-state index contributed by atoms with van der Waals surface area (Å²) in [4.78, 5) is 40.9. The van der Waals surface area contributed by atoms with E-state index in [1.54, 1.807) is 23.9 Å². The van der Waals surface area contributed by atoms with Crippen LogP contribution in [0, 0.1) is 17.3 Å². The van der Waals surface area contributed by atoms with Gasteiger partial charge in [-0.25, -0.2) is 0 Å². The van der Waals surface area contributed by atoms with Gasteiger partial charge < -0.3 is 25.8 Å². The topological polar surface area (TPSA) is 117 Å². The Kier molecular flexibility index (Phi) is 8.37. The maximum atomic E-state index is 13.4. The standard InChI is InChI=1S/C29H37N3O5S/c1-16(2)14-21(27(34)31-19-12-13-37-25(19)24(28(35)36)29(3,4)5)32-26(33)17-10-11-23-20(15-17)30-18-8-6-7-9-22(18)38-23/h6-11,15-16,19,21,24-25,30H,12-14H2,1-5H3,(H,31,34)(H,32,33)(H,35,36)/t19?,21-,24?,25?/m0/s1. The molecule has 2 aromatic carbocycles. The van der Waals surface area contributed by atoms with Crippen LogP contribution in [0.2, 0.25) is 0 Å². The Bertz CT molecular complexity index is 1210.